The van der Waals surface area contributed by atoms with Gasteiger partial charge in [0, 0.05) is 19.3 Å². The first-order valence-corrected chi connectivity index (χ1v) is 25.7. The van der Waals surface area contributed by atoms with Crippen LogP contribution in [0.15, 0.2) is 122 Å². The Balaban J connectivity index is 4.52. The van der Waals surface area contributed by atoms with E-state index in [0.717, 1.165) is 89.9 Å². The Morgan fingerprint density at radius 2 is 0.625 bits per heavy atom. The lowest BCUT2D eigenvalue weighted by Crippen LogP contribution is -2.30. The van der Waals surface area contributed by atoms with Gasteiger partial charge in [0.1, 0.15) is 13.2 Å². The maximum atomic E-state index is 12.8. The fourth-order valence-corrected chi connectivity index (χ4v) is 6.58. The van der Waals surface area contributed by atoms with Gasteiger partial charge in [0.15, 0.2) is 6.10 Å². The molecule has 0 radical (unpaired) electrons. The lowest BCUT2D eigenvalue weighted by Gasteiger charge is -2.18. The molecule has 0 N–H and O–H groups in total. The molecule has 0 aliphatic carbocycles. The van der Waals surface area contributed by atoms with Crippen LogP contribution in [-0.2, 0) is 28.6 Å². The van der Waals surface area contributed by atoms with Gasteiger partial charge in [-0.2, -0.15) is 0 Å². The first-order chi connectivity index (χ1) is 31.5. The van der Waals surface area contributed by atoms with E-state index in [1.165, 1.54) is 70.6 Å². The maximum Gasteiger partial charge on any atom is 0.306 e. The fourth-order valence-electron chi connectivity index (χ4n) is 6.58. The minimum absolute atomic E-state index is 0.116. The van der Waals surface area contributed by atoms with Crippen molar-refractivity contribution in [1.29, 1.82) is 0 Å². The summed E-state index contributed by atoms with van der Waals surface area (Å²) in [6.45, 7) is 6.26. The highest BCUT2D eigenvalue weighted by molar-refractivity contribution is 5.71. The van der Waals surface area contributed by atoms with Crippen LogP contribution in [0.25, 0.3) is 0 Å². The molecular formula is C58H92O6. The molecule has 64 heavy (non-hydrogen) atoms. The summed E-state index contributed by atoms with van der Waals surface area (Å²) < 4.78 is 16.7. The van der Waals surface area contributed by atoms with E-state index >= 15 is 0 Å². The molecule has 0 aromatic carbocycles. The SMILES string of the molecule is CC\C=C/C=C\C=C/C=C\C=C/CCCCCC(=O)OC(COC(=O)CCCCC\C=C/C=C\C=C/C=C\CC)COC(=O)CCCCCCC/C=C\CCCCCCCCCCC. The highest BCUT2D eigenvalue weighted by atomic mass is 16.6. The Labute approximate surface area is 392 Å². The number of hydrogen-bond donors (Lipinski definition) is 0. The zero-order valence-corrected chi connectivity index (χ0v) is 41.0. The van der Waals surface area contributed by atoms with E-state index in [4.69, 9.17) is 14.2 Å². The molecule has 0 bridgehead atoms. The predicted octanol–water partition coefficient (Wildman–Crippen LogP) is 16.9. The molecule has 0 fully saturated rings. The van der Waals surface area contributed by atoms with Crippen LogP contribution in [0.5, 0.6) is 0 Å². The third-order valence-corrected chi connectivity index (χ3v) is 10.4. The number of esters is 3. The number of rotatable bonds is 44. The monoisotopic (exact) mass is 885 g/mol. The quantitative estimate of drug-likeness (QED) is 0.0199. The molecule has 0 saturated carbocycles. The van der Waals surface area contributed by atoms with E-state index in [0.29, 0.717) is 19.3 Å². The second-order valence-corrected chi connectivity index (χ2v) is 16.5. The number of carbonyl (C=O) groups is 3. The standard InChI is InChI=1S/C58H92O6/c1-4-7-10-13-16-19-22-25-27-28-29-31-33-36-39-42-45-48-51-57(60)63-54-55(53-62-56(59)50-47-44-41-38-35-32-24-21-18-15-12-9-6-3)64-58(61)52-49-46-43-40-37-34-30-26-23-20-17-14-11-8-5-2/h8-9,11-12,14-15,17-18,20-21,23-24,26,29-32,34-35,37,55H,4-7,10,13,16,19,22,25,27-28,33,36,38-54H2,1-3H3/b11-8-,12-9-,17-14-,18-15-,23-20-,24-21-,30-26-,31-29-,35-32-,37-34-. The third-order valence-electron chi connectivity index (χ3n) is 10.4. The van der Waals surface area contributed by atoms with Gasteiger partial charge in [-0.1, -0.05) is 226 Å². The molecule has 0 aromatic rings. The van der Waals surface area contributed by atoms with E-state index in [1.807, 2.05) is 85.1 Å². The van der Waals surface area contributed by atoms with Gasteiger partial charge in [-0.3, -0.25) is 14.4 Å². The molecular weight excluding hydrogens is 793 g/mol. The van der Waals surface area contributed by atoms with E-state index in [9.17, 15) is 14.4 Å². The van der Waals surface area contributed by atoms with Crippen LogP contribution in [0.1, 0.15) is 207 Å². The van der Waals surface area contributed by atoms with Gasteiger partial charge in [0.05, 0.1) is 0 Å². The summed E-state index contributed by atoms with van der Waals surface area (Å²) >= 11 is 0. The van der Waals surface area contributed by atoms with Gasteiger partial charge in [0.2, 0.25) is 0 Å². The normalized spacial score (nSPS) is 13.1. The van der Waals surface area contributed by atoms with Crippen LogP contribution >= 0.6 is 0 Å². The molecule has 1 unspecified atom stereocenters. The lowest BCUT2D eigenvalue weighted by molar-refractivity contribution is -0.167. The summed E-state index contributed by atoms with van der Waals surface area (Å²) in [6.07, 6.45) is 70.4. The van der Waals surface area contributed by atoms with E-state index in [-0.39, 0.29) is 37.5 Å². The zero-order chi connectivity index (χ0) is 46.5. The molecule has 0 aromatic heterocycles. The van der Waals surface area contributed by atoms with Crippen LogP contribution in [0.3, 0.4) is 0 Å². The maximum absolute atomic E-state index is 12.8. The molecule has 6 nitrogen and oxygen atoms in total. The molecule has 0 aliphatic heterocycles. The summed E-state index contributed by atoms with van der Waals surface area (Å²) in [4.78, 5) is 38.0. The van der Waals surface area contributed by atoms with Gasteiger partial charge in [0.25, 0.3) is 0 Å². The summed E-state index contributed by atoms with van der Waals surface area (Å²) in [7, 11) is 0. The van der Waals surface area contributed by atoms with Crippen molar-refractivity contribution in [2.24, 2.45) is 0 Å². The van der Waals surface area contributed by atoms with Crippen molar-refractivity contribution in [1.82, 2.24) is 0 Å². The smallest absolute Gasteiger partial charge is 0.306 e. The molecule has 0 saturated heterocycles. The minimum atomic E-state index is -0.823. The van der Waals surface area contributed by atoms with E-state index in [2.05, 4.69) is 57.2 Å². The second kappa shape index (κ2) is 51.4. The van der Waals surface area contributed by atoms with Crippen molar-refractivity contribution < 1.29 is 28.6 Å². The molecule has 6 heteroatoms. The van der Waals surface area contributed by atoms with Crippen molar-refractivity contribution in [3.05, 3.63) is 122 Å². The van der Waals surface area contributed by atoms with Gasteiger partial charge < -0.3 is 14.2 Å². The van der Waals surface area contributed by atoms with E-state index in [1.54, 1.807) is 0 Å². The first kappa shape index (κ1) is 59.8. The van der Waals surface area contributed by atoms with Crippen molar-refractivity contribution in [3.8, 4) is 0 Å². The molecule has 0 aliphatic rings. The molecule has 0 amide bonds. The largest absolute Gasteiger partial charge is 0.462 e. The van der Waals surface area contributed by atoms with Crippen molar-refractivity contribution in [2.75, 3.05) is 13.2 Å². The fraction of sp³-hybridized carbons (Fsp3) is 0.603. The number of ether oxygens (including phenoxy) is 3. The Morgan fingerprint density at radius 3 is 1.02 bits per heavy atom. The Bertz CT molecular complexity index is 1390. The Morgan fingerprint density at radius 1 is 0.328 bits per heavy atom. The predicted molar refractivity (Wildman–Crippen MR) is 274 cm³/mol. The van der Waals surface area contributed by atoms with Crippen molar-refractivity contribution in [3.63, 3.8) is 0 Å². The topological polar surface area (TPSA) is 78.9 Å². The van der Waals surface area contributed by atoms with Crippen LogP contribution in [0, 0.1) is 0 Å². The van der Waals surface area contributed by atoms with Crippen molar-refractivity contribution >= 4 is 17.9 Å². The molecule has 0 spiro atoms. The minimum Gasteiger partial charge on any atom is -0.462 e. The number of hydrogen-bond acceptors (Lipinski definition) is 6. The van der Waals surface area contributed by atoms with Gasteiger partial charge in [-0.05, 0) is 83.5 Å². The average Bonchev–Trinajstić information content (AvgIpc) is 3.29. The van der Waals surface area contributed by atoms with Crippen LogP contribution in [0.4, 0.5) is 0 Å². The molecule has 0 rings (SSSR count). The zero-order valence-electron chi connectivity index (χ0n) is 41.0. The highest BCUT2D eigenvalue weighted by Crippen LogP contribution is 2.13. The van der Waals surface area contributed by atoms with Gasteiger partial charge in [-0.25, -0.2) is 0 Å². The van der Waals surface area contributed by atoms with Crippen molar-refractivity contribution in [2.45, 2.75) is 213 Å². The molecule has 1 atom stereocenters. The average molecular weight is 885 g/mol. The summed E-state index contributed by atoms with van der Waals surface area (Å²) in [5.74, 6) is -1.01. The lowest BCUT2D eigenvalue weighted by atomic mass is 10.1. The molecule has 360 valence electrons. The highest BCUT2D eigenvalue weighted by Gasteiger charge is 2.19. The summed E-state index contributed by atoms with van der Waals surface area (Å²) in [6, 6.07) is 0. The second-order valence-electron chi connectivity index (χ2n) is 16.5. The van der Waals surface area contributed by atoms with Crippen LogP contribution in [0.2, 0.25) is 0 Å². The molecule has 0 heterocycles. The number of allylic oxidation sites excluding steroid dienone is 20. The Kier molecular flexibility index (Phi) is 48.1. The van der Waals surface area contributed by atoms with Gasteiger partial charge >= 0.3 is 17.9 Å². The number of carbonyl (C=O) groups excluding carboxylic acids is 3. The summed E-state index contributed by atoms with van der Waals surface area (Å²) in [5, 5.41) is 0. The van der Waals surface area contributed by atoms with Gasteiger partial charge in [-0.15, -0.1) is 0 Å². The first-order valence-electron chi connectivity index (χ1n) is 25.7. The van der Waals surface area contributed by atoms with Crippen LogP contribution in [-0.4, -0.2) is 37.2 Å². The summed E-state index contributed by atoms with van der Waals surface area (Å²) in [5.41, 5.74) is 0. The number of unbranched alkanes of at least 4 members (excludes halogenated alkanes) is 20. The van der Waals surface area contributed by atoms with Crippen LogP contribution < -0.4 is 0 Å². The third kappa shape index (κ3) is 48.8. The van der Waals surface area contributed by atoms with E-state index < -0.39 is 6.10 Å². The Hall–Kier alpha value is -4.19.